The van der Waals surface area contributed by atoms with Gasteiger partial charge < -0.3 is 9.88 Å². The number of pyridine rings is 1. The molecule has 1 fully saturated rings. The van der Waals surface area contributed by atoms with Crippen molar-refractivity contribution < 1.29 is 0 Å². The van der Waals surface area contributed by atoms with Gasteiger partial charge in [-0.3, -0.25) is 4.79 Å². The van der Waals surface area contributed by atoms with Gasteiger partial charge in [0.15, 0.2) is 5.43 Å². The number of H-pyrrole nitrogens is 1. The van der Waals surface area contributed by atoms with E-state index in [0.29, 0.717) is 5.92 Å². The molecule has 1 N–H and O–H groups in total. The summed E-state index contributed by atoms with van der Waals surface area (Å²) in [6.45, 7) is 6.54. The van der Waals surface area contributed by atoms with Crippen molar-refractivity contribution in [3.05, 3.63) is 40.2 Å². The summed E-state index contributed by atoms with van der Waals surface area (Å²) in [7, 11) is 0. The second-order valence-electron chi connectivity index (χ2n) is 6.18. The Labute approximate surface area is 119 Å². The van der Waals surface area contributed by atoms with Gasteiger partial charge in [-0.05, 0) is 43.4 Å². The van der Waals surface area contributed by atoms with Gasteiger partial charge in [-0.15, -0.1) is 0 Å². The number of nitrogens with one attached hydrogen (secondary N) is 1. The Balaban J connectivity index is 2.02. The minimum atomic E-state index is 0.135. The second kappa shape index (κ2) is 5.31. The lowest BCUT2D eigenvalue weighted by molar-refractivity contribution is 0.636. The van der Waals surface area contributed by atoms with Crippen LogP contribution in [0.3, 0.4) is 0 Å². The van der Waals surface area contributed by atoms with Crippen LogP contribution in [0.4, 0.5) is 5.69 Å². The molecule has 1 saturated heterocycles. The minimum absolute atomic E-state index is 0.135. The lowest BCUT2D eigenvalue weighted by Gasteiger charge is -2.18. The summed E-state index contributed by atoms with van der Waals surface area (Å²) < 4.78 is 0. The summed E-state index contributed by atoms with van der Waals surface area (Å²) in [5, 5.41) is 0.807. The maximum atomic E-state index is 12.3. The number of aromatic nitrogens is 1. The predicted molar refractivity (Wildman–Crippen MR) is 84.6 cm³/mol. The van der Waals surface area contributed by atoms with E-state index < -0.39 is 0 Å². The quantitative estimate of drug-likeness (QED) is 0.928. The zero-order valence-corrected chi connectivity index (χ0v) is 12.3. The highest BCUT2D eigenvalue weighted by molar-refractivity contribution is 5.82. The number of nitrogens with zero attached hydrogens (tertiary/aromatic N) is 1. The van der Waals surface area contributed by atoms with Crippen molar-refractivity contribution in [3.8, 4) is 0 Å². The van der Waals surface area contributed by atoms with E-state index in [0.717, 1.165) is 36.1 Å². The van der Waals surface area contributed by atoms with Crippen LogP contribution in [-0.4, -0.2) is 18.1 Å². The van der Waals surface area contributed by atoms with E-state index in [-0.39, 0.29) is 5.43 Å². The molecule has 0 atom stereocenters. The topological polar surface area (TPSA) is 36.1 Å². The maximum Gasteiger partial charge on any atom is 0.189 e. The summed E-state index contributed by atoms with van der Waals surface area (Å²) in [6.07, 6.45) is 3.42. The van der Waals surface area contributed by atoms with Crippen LogP contribution in [0.15, 0.2) is 29.1 Å². The third-order valence-electron chi connectivity index (χ3n) is 3.97. The summed E-state index contributed by atoms with van der Waals surface area (Å²) >= 11 is 0. The lowest BCUT2D eigenvalue weighted by atomic mass is 10.1. The Morgan fingerprint density at radius 3 is 2.65 bits per heavy atom. The van der Waals surface area contributed by atoms with Crippen LogP contribution in [0, 0.1) is 5.92 Å². The molecule has 3 nitrogen and oxygen atoms in total. The van der Waals surface area contributed by atoms with Gasteiger partial charge in [0.25, 0.3) is 0 Å². The molecule has 2 heterocycles. The van der Waals surface area contributed by atoms with Crippen molar-refractivity contribution in [1.82, 2.24) is 4.98 Å². The van der Waals surface area contributed by atoms with Gasteiger partial charge >= 0.3 is 0 Å². The molecule has 1 aromatic heterocycles. The first-order chi connectivity index (χ1) is 9.63. The molecule has 0 aliphatic carbocycles. The predicted octanol–water partition coefficient (Wildman–Crippen LogP) is 3.33. The molecule has 106 valence electrons. The van der Waals surface area contributed by atoms with Gasteiger partial charge in [-0.2, -0.15) is 0 Å². The van der Waals surface area contributed by atoms with E-state index >= 15 is 0 Å². The Kier molecular flexibility index (Phi) is 3.51. The average molecular weight is 270 g/mol. The molecule has 3 rings (SSSR count). The van der Waals surface area contributed by atoms with Gasteiger partial charge in [0.2, 0.25) is 0 Å². The standard InChI is InChI=1S/C17H22N2O/c1-12(2)9-13-10-17(20)15-11-14(5-6-16(15)18-13)19-7-3-4-8-19/h5-6,10-12H,3-4,7-9H2,1-2H3,(H,18,20). The van der Waals surface area contributed by atoms with Crippen LogP contribution in [0.1, 0.15) is 32.4 Å². The summed E-state index contributed by atoms with van der Waals surface area (Å²) in [5.74, 6) is 0.548. The molecular formula is C17H22N2O. The second-order valence-corrected chi connectivity index (χ2v) is 6.18. The van der Waals surface area contributed by atoms with E-state index in [1.807, 2.05) is 12.1 Å². The molecule has 3 heteroatoms. The maximum absolute atomic E-state index is 12.3. The van der Waals surface area contributed by atoms with Crippen LogP contribution in [0.2, 0.25) is 0 Å². The fourth-order valence-corrected chi connectivity index (χ4v) is 3.01. The van der Waals surface area contributed by atoms with E-state index in [1.165, 1.54) is 18.5 Å². The Hall–Kier alpha value is -1.77. The number of anilines is 1. The van der Waals surface area contributed by atoms with E-state index in [2.05, 4.69) is 29.8 Å². The Morgan fingerprint density at radius 2 is 1.95 bits per heavy atom. The molecule has 0 bridgehead atoms. The molecule has 0 unspecified atom stereocenters. The fraction of sp³-hybridized carbons (Fsp3) is 0.471. The van der Waals surface area contributed by atoms with Gasteiger partial charge in [0.05, 0.1) is 0 Å². The smallest absolute Gasteiger partial charge is 0.189 e. The summed E-state index contributed by atoms with van der Waals surface area (Å²) in [6, 6.07) is 7.98. The first kappa shape index (κ1) is 13.2. The average Bonchev–Trinajstić information content (AvgIpc) is 2.91. The van der Waals surface area contributed by atoms with E-state index in [1.54, 1.807) is 6.07 Å². The number of benzene rings is 1. The van der Waals surface area contributed by atoms with Crippen LogP contribution in [0.5, 0.6) is 0 Å². The molecule has 0 saturated carbocycles. The van der Waals surface area contributed by atoms with Crippen LogP contribution >= 0.6 is 0 Å². The zero-order valence-electron chi connectivity index (χ0n) is 12.3. The summed E-state index contributed by atoms with van der Waals surface area (Å²) in [4.78, 5) is 18.1. The zero-order chi connectivity index (χ0) is 14.1. The normalized spacial score (nSPS) is 15.4. The molecular weight excluding hydrogens is 248 g/mol. The SMILES string of the molecule is CC(C)Cc1cc(=O)c2cc(N3CCCC3)ccc2[nH]1. The van der Waals surface area contributed by atoms with Crippen molar-refractivity contribution >= 4 is 16.6 Å². The summed E-state index contributed by atoms with van der Waals surface area (Å²) in [5.41, 5.74) is 3.30. The van der Waals surface area contributed by atoms with Crippen LogP contribution in [0.25, 0.3) is 10.9 Å². The number of rotatable bonds is 3. The van der Waals surface area contributed by atoms with Crippen molar-refractivity contribution in [2.24, 2.45) is 5.92 Å². The molecule has 20 heavy (non-hydrogen) atoms. The Morgan fingerprint density at radius 1 is 1.20 bits per heavy atom. The number of hydrogen-bond donors (Lipinski definition) is 1. The number of hydrogen-bond acceptors (Lipinski definition) is 2. The van der Waals surface area contributed by atoms with Gasteiger partial charge in [0.1, 0.15) is 0 Å². The van der Waals surface area contributed by atoms with Crippen molar-refractivity contribution in [2.75, 3.05) is 18.0 Å². The number of fused-ring (bicyclic) bond motifs is 1. The van der Waals surface area contributed by atoms with E-state index in [9.17, 15) is 4.79 Å². The third kappa shape index (κ3) is 2.58. The molecule has 1 aliphatic rings. The van der Waals surface area contributed by atoms with Gasteiger partial charge in [-0.1, -0.05) is 13.8 Å². The van der Waals surface area contributed by atoms with Crippen molar-refractivity contribution in [2.45, 2.75) is 33.1 Å². The monoisotopic (exact) mass is 270 g/mol. The lowest BCUT2D eigenvalue weighted by Crippen LogP contribution is -2.18. The first-order valence-corrected chi connectivity index (χ1v) is 7.54. The Bertz CT molecular complexity index is 666. The van der Waals surface area contributed by atoms with Crippen LogP contribution in [-0.2, 0) is 6.42 Å². The number of aromatic amines is 1. The highest BCUT2D eigenvalue weighted by Crippen LogP contribution is 2.23. The van der Waals surface area contributed by atoms with Gasteiger partial charge in [0, 0.05) is 41.4 Å². The largest absolute Gasteiger partial charge is 0.372 e. The highest BCUT2D eigenvalue weighted by atomic mass is 16.1. The molecule has 0 radical (unpaired) electrons. The molecule has 1 aliphatic heterocycles. The van der Waals surface area contributed by atoms with Crippen molar-refractivity contribution in [1.29, 1.82) is 0 Å². The van der Waals surface area contributed by atoms with Crippen LogP contribution < -0.4 is 10.3 Å². The first-order valence-electron chi connectivity index (χ1n) is 7.54. The fourth-order valence-electron chi connectivity index (χ4n) is 3.01. The van der Waals surface area contributed by atoms with Gasteiger partial charge in [-0.25, -0.2) is 0 Å². The minimum Gasteiger partial charge on any atom is -0.372 e. The molecule has 2 aromatic rings. The third-order valence-corrected chi connectivity index (χ3v) is 3.97. The highest BCUT2D eigenvalue weighted by Gasteiger charge is 2.13. The molecule has 0 amide bonds. The van der Waals surface area contributed by atoms with E-state index in [4.69, 9.17) is 0 Å². The molecule has 1 aromatic carbocycles. The van der Waals surface area contributed by atoms with Crippen molar-refractivity contribution in [3.63, 3.8) is 0 Å². The molecule has 0 spiro atoms.